The standard InChI is InChI=1S/C10H6BrN3O3S/c11-5-1-2-6(10(16)17)7(3-5)12-9(15)8-4-18-14-13-8/h1-4H,(H,12,15)(H,16,17). The number of rotatable bonds is 3. The average molecular weight is 328 g/mol. The van der Waals surface area contributed by atoms with Gasteiger partial charge in [0.1, 0.15) is 0 Å². The van der Waals surface area contributed by atoms with E-state index in [0.717, 1.165) is 11.5 Å². The van der Waals surface area contributed by atoms with Gasteiger partial charge in [-0.2, -0.15) is 0 Å². The Bertz CT molecular complexity index is 600. The van der Waals surface area contributed by atoms with Crippen LogP contribution in [0, 0.1) is 0 Å². The topological polar surface area (TPSA) is 92.2 Å². The Labute approximate surface area is 114 Å². The minimum atomic E-state index is -1.12. The zero-order chi connectivity index (χ0) is 13.1. The molecule has 6 nitrogen and oxygen atoms in total. The molecule has 0 saturated carbocycles. The molecule has 2 N–H and O–H groups in total. The van der Waals surface area contributed by atoms with E-state index in [1.54, 1.807) is 6.07 Å². The molecule has 0 atom stereocenters. The number of carbonyl (C=O) groups is 2. The summed E-state index contributed by atoms with van der Waals surface area (Å²) in [7, 11) is 0. The highest BCUT2D eigenvalue weighted by Gasteiger charge is 2.15. The molecule has 1 amide bonds. The second kappa shape index (κ2) is 5.23. The molecular weight excluding hydrogens is 322 g/mol. The molecule has 1 heterocycles. The average Bonchev–Trinajstić information content (AvgIpc) is 2.81. The van der Waals surface area contributed by atoms with Crippen LogP contribution in [0.15, 0.2) is 28.1 Å². The van der Waals surface area contributed by atoms with Gasteiger partial charge in [0.2, 0.25) is 0 Å². The van der Waals surface area contributed by atoms with Crippen LogP contribution in [0.1, 0.15) is 20.8 Å². The van der Waals surface area contributed by atoms with Crippen molar-refractivity contribution in [2.24, 2.45) is 0 Å². The summed E-state index contributed by atoms with van der Waals surface area (Å²) in [5, 5.41) is 16.6. The van der Waals surface area contributed by atoms with Gasteiger partial charge in [-0.25, -0.2) is 4.79 Å². The van der Waals surface area contributed by atoms with Crippen molar-refractivity contribution in [1.29, 1.82) is 0 Å². The Morgan fingerprint density at radius 1 is 1.39 bits per heavy atom. The summed E-state index contributed by atoms with van der Waals surface area (Å²) in [6.45, 7) is 0. The molecule has 92 valence electrons. The summed E-state index contributed by atoms with van der Waals surface area (Å²) in [6.07, 6.45) is 0. The van der Waals surface area contributed by atoms with Crippen molar-refractivity contribution in [3.05, 3.63) is 39.3 Å². The fraction of sp³-hybridized carbons (Fsp3) is 0. The lowest BCUT2D eigenvalue weighted by atomic mass is 10.2. The number of hydrogen-bond acceptors (Lipinski definition) is 5. The van der Waals surface area contributed by atoms with Gasteiger partial charge in [-0.1, -0.05) is 20.4 Å². The largest absolute Gasteiger partial charge is 0.478 e. The fourth-order valence-electron chi connectivity index (χ4n) is 1.26. The highest BCUT2D eigenvalue weighted by Crippen LogP contribution is 2.22. The van der Waals surface area contributed by atoms with Gasteiger partial charge in [-0.05, 0) is 29.7 Å². The molecule has 8 heteroatoms. The minimum absolute atomic E-state index is 0.00902. The highest BCUT2D eigenvalue weighted by molar-refractivity contribution is 9.10. The number of benzene rings is 1. The van der Waals surface area contributed by atoms with Crippen LogP contribution < -0.4 is 5.32 Å². The number of anilines is 1. The third-order valence-corrected chi connectivity index (χ3v) is 3.05. The predicted molar refractivity (Wildman–Crippen MR) is 69.0 cm³/mol. The maximum Gasteiger partial charge on any atom is 0.337 e. The first-order valence-corrected chi connectivity index (χ1v) is 6.32. The molecule has 2 aromatic rings. The molecular formula is C10H6BrN3O3S. The maximum absolute atomic E-state index is 11.7. The van der Waals surface area contributed by atoms with E-state index in [9.17, 15) is 9.59 Å². The van der Waals surface area contributed by atoms with Crippen molar-refractivity contribution in [2.75, 3.05) is 5.32 Å². The third-order valence-electron chi connectivity index (χ3n) is 2.05. The lowest BCUT2D eigenvalue weighted by Crippen LogP contribution is -2.15. The third kappa shape index (κ3) is 2.71. The van der Waals surface area contributed by atoms with Crippen LogP contribution in [0.5, 0.6) is 0 Å². The number of carboxylic acid groups (broad SMARTS) is 1. The van der Waals surface area contributed by atoms with E-state index < -0.39 is 11.9 Å². The smallest absolute Gasteiger partial charge is 0.337 e. The van der Waals surface area contributed by atoms with Crippen LogP contribution in [0.3, 0.4) is 0 Å². The number of carboxylic acids is 1. The monoisotopic (exact) mass is 327 g/mol. The van der Waals surface area contributed by atoms with E-state index in [4.69, 9.17) is 5.11 Å². The molecule has 18 heavy (non-hydrogen) atoms. The van der Waals surface area contributed by atoms with Gasteiger partial charge in [-0.15, -0.1) is 5.10 Å². The Balaban J connectivity index is 2.31. The highest BCUT2D eigenvalue weighted by atomic mass is 79.9. The van der Waals surface area contributed by atoms with Crippen molar-refractivity contribution in [3.63, 3.8) is 0 Å². The quantitative estimate of drug-likeness (QED) is 0.901. The molecule has 1 aromatic carbocycles. The van der Waals surface area contributed by atoms with E-state index in [1.807, 2.05) is 0 Å². The molecule has 0 bridgehead atoms. The summed E-state index contributed by atoms with van der Waals surface area (Å²) in [5.74, 6) is -1.61. The molecule has 0 saturated heterocycles. The Hall–Kier alpha value is -1.80. The molecule has 1 aromatic heterocycles. The normalized spacial score (nSPS) is 10.1. The molecule has 0 aliphatic carbocycles. The molecule has 0 spiro atoms. The van der Waals surface area contributed by atoms with E-state index in [2.05, 4.69) is 30.8 Å². The Morgan fingerprint density at radius 3 is 2.78 bits per heavy atom. The van der Waals surface area contributed by atoms with Gasteiger partial charge in [0.25, 0.3) is 5.91 Å². The fourth-order valence-corrected chi connectivity index (χ4v) is 2.05. The van der Waals surface area contributed by atoms with E-state index >= 15 is 0 Å². The van der Waals surface area contributed by atoms with Crippen molar-refractivity contribution >= 4 is 45.0 Å². The van der Waals surface area contributed by atoms with Gasteiger partial charge in [0.15, 0.2) is 5.69 Å². The Morgan fingerprint density at radius 2 is 2.17 bits per heavy atom. The maximum atomic E-state index is 11.7. The number of nitrogens with zero attached hydrogens (tertiary/aromatic N) is 2. The lowest BCUT2D eigenvalue weighted by Gasteiger charge is -2.07. The first-order valence-electron chi connectivity index (χ1n) is 4.69. The number of halogens is 1. The summed E-state index contributed by atoms with van der Waals surface area (Å²) in [4.78, 5) is 22.8. The van der Waals surface area contributed by atoms with Gasteiger partial charge in [0, 0.05) is 9.85 Å². The summed E-state index contributed by atoms with van der Waals surface area (Å²) in [5.41, 5.74) is 0.362. The first-order chi connectivity index (χ1) is 8.58. The van der Waals surface area contributed by atoms with Crippen LogP contribution in [0.4, 0.5) is 5.69 Å². The van der Waals surface area contributed by atoms with Crippen LogP contribution in [-0.4, -0.2) is 26.6 Å². The summed E-state index contributed by atoms with van der Waals surface area (Å²) in [6, 6.07) is 4.51. The number of carbonyl (C=O) groups excluding carboxylic acids is 1. The number of hydrogen-bond donors (Lipinski definition) is 2. The molecule has 0 aliphatic heterocycles. The zero-order valence-corrected chi connectivity index (χ0v) is 11.2. The number of amides is 1. The summed E-state index contributed by atoms with van der Waals surface area (Å²) < 4.78 is 4.23. The van der Waals surface area contributed by atoms with Crippen molar-refractivity contribution in [2.45, 2.75) is 0 Å². The number of aromatic nitrogens is 2. The zero-order valence-electron chi connectivity index (χ0n) is 8.75. The van der Waals surface area contributed by atoms with Gasteiger partial charge in [0.05, 0.1) is 11.3 Å². The Kier molecular flexibility index (Phi) is 3.68. The molecule has 0 radical (unpaired) electrons. The lowest BCUT2D eigenvalue weighted by molar-refractivity contribution is 0.0698. The van der Waals surface area contributed by atoms with E-state index in [-0.39, 0.29) is 16.9 Å². The van der Waals surface area contributed by atoms with Crippen molar-refractivity contribution in [3.8, 4) is 0 Å². The van der Waals surface area contributed by atoms with E-state index in [1.165, 1.54) is 17.5 Å². The first kappa shape index (κ1) is 12.7. The van der Waals surface area contributed by atoms with E-state index in [0.29, 0.717) is 4.47 Å². The van der Waals surface area contributed by atoms with Gasteiger partial charge >= 0.3 is 5.97 Å². The molecule has 0 aliphatic rings. The number of aromatic carboxylic acids is 1. The molecule has 0 unspecified atom stereocenters. The van der Waals surface area contributed by atoms with Crippen LogP contribution in [0.2, 0.25) is 0 Å². The number of nitrogens with one attached hydrogen (secondary N) is 1. The van der Waals surface area contributed by atoms with Crippen LogP contribution in [-0.2, 0) is 0 Å². The molecule has 0 fully saturated rings. The van der Waals surface area contributed by atoms with Crippen LogP contribution >= 0.6 is 27.5 Å². The van der Waals surface area contributed by atoms with Crippen molar-refractivity contribution < 1.29 is 14.7 Å². The SMILES string of the molecule is O=C(Nc1cc(Br)ccc1C(=O)O)c1csnn1. The van der Waals surface area contributed by atoms with Gasteiger partial charge in [-0.3, -0.25) is 4.79 Å². The van der Waals surface area contributed by atoms with Crippen molar-refractivity contribution in [1.82, 2.24) is 9.59 Å². The summed E-state index contributed by atoms with van der Waals surface area (Å²) >= 11 is 4.26. The minimum Gasteiger partial charge on any atom is -0.478 e. The molecule has 2 rings (SSSR count). The second-order valence-electron chi connectivity index (χ2n) is 3.24. The predicted octanol–water partition coefficient (Wildman–Crippen LogP) is 2.25. The van der Waals surface area contributed by atoms with Crippen LogP contribution in [0.25, 0.3) is 0 Å². The second-order valence-corrected chi connectivity index (χ2v) is 4.76. The van der Waals surface area contributed by atoms with Gasteiger partial charge < -0.3 is 10.4 Å².